The minimum absolute atomic E-state index is 0.0132. The highest BCUT2D eigenvalue weighted by atomic mass is 35.5. The summed E-state index contributed by atoms with van der Waals surface area (Å²) >= 11 is 6.09. The molecule has 1 aliphatic rings. The van der Waals surface area contributed by atoms with Crippen LogP contribution in [0.5, 0.6) is 0 Å². The molecule has 0 aromatic heterocycles. The number of aryl methyl sites for hydroxylation is 1. The van der Waals surface area contributed by atoms with E-state index in [2.05, 4.69) is 10.6 Å². The van der Waals surface area contributed by atoms with Crippen molar-refractivity contribution in [2.75, 3.05) is 11.9 Å². The highest BCUT2D eigenvalue weighted by Gasteiger charge is 2.35. The van der Waals surface area contributed by atoms with Gasteiger partial charge in [0.2, 0.25) is 5.91 Å². The van der Waals surface area contributed by atoms with Crippen molar-refractivity contribution in [3.8, 4) is 0 Å². The Hall–Kier alpha value is -1.06. The molecule has 92 valence electrons. The van der Waals surface area contributed by atoms with Gasteiger partial charge in [-0.2, -0.15) is 0 Å². The second kappa shape index (κ2) is 4.67. The predicted molar refractivity (Wildman–Crippen MR) is 70.5 cm³/mol. The molecule has 1 aromatic rings. The SMILES string of the molecule is Cc1ccc(NC(=O)C2(C)CCCN2)c(Cl)c1. The number of rotatable bonds is 2. The normalized spacial score (nSPS) is 23.7. The molecule has 0 spiro atoms. The summed E-state index contributed by atoms with van der Waals surface area (Å²) in [6.07, 6.45) is 1.90. The van der Waals surface area contributed by atoms with Crippen LogP contribution < -0.4 is 10.6 Å². The van der Waals surface area contributed by atoms with E-state index in [0.717, 1.165) is 24.9 Å². The minimum Gasteiger partial charge on any atom is -0.323 e. The Bertz CT molecular complexity index is 439. The van der Waals surface area contributed by atoms with Crippen LogP contribution in [-0.2, 0) is 4.79 Å². The number of hydrogen-bond donors (Lipinski definition) is 2. The average molecular weight is 253 g/mol. The average Bonchev–Trinajstić information content (AvgIpc) is 2.71. The summed E-state index contributed by atoms with van der Waals surface area (Å²) in [5.41, 5.74) is 1.30. The van der Waals surface area contributed by atoms with Gasteiger partial charge in [-0.15, -0.1) is 0 Å². The van der Waals surface area contributed by atoms with E-state index in [0.29, 0.717) is 10.7 Å². The molecule has 2 N–H and O–H groups in total. The lowest BCUT2D eigenvalue weighted by atomic mass is 9.99. The summed E-state index contributed by atoms with van der Waals surface area (Å²) in [6, 6.07) is 5.63. The Morgan fingerprint density at radius 2 is 2.29 bits per heavy atom. The van der Waals surface area contributed by atoms with E-state index in [9.17, 15) is 4.79 Å². The quantitative estimate of drug-likeness (QED) is 0.850. The van der Waals surface area contributed by atoms with Gasteiger partial charge in [0.15, 0.2) is 0 Å². The van der Waals surface area contributed by atoms with Crippen LogP contribution >= 0.6 is 11.6 Å². The van der Waals surface area contributed by atoms with Gasteiger partial charge in [0.1, 0.15) is 0 Å². The second-order valence-corrected chi connectivity index (χ2v) is 5.21. The number of benzene rings is 1. The number of halogens is 1. The summed E-state index contributed by atoms with van der Waals surface area (Å²) in [7, 11) is 0. The number of hydrogen-bond acceptors (Lipinski definition) is 2. The summed E-state index contributed by atoms with van der Waals surface area (Å²) < 4.78 is 0. The van der Waals surface area contributed by atoms with Crippen LogP contribution in [0, 0.1) is 6.92 Å². The molecule has 1 aromatic carbocycles. The van der Waals surface area contributed by atoms with Gasteiger partial charge in [-0.25, -0.2) is 0 Å². The van der Waals surface area contributed by atoms with E-state index in [1.165, 1.54) is 0 Å². The lowest BCUT2D eigenvalue weighted by molar-refractivity contribution is -0.121. The van der Waals surface area contributed by atoms with E-state index >= 15 is 0 Å². The standard InChI is InChI=1S/C13H17ClN2O/c1-9-4-5-11(10(14)8-9)16-12(17)13(2)6-3-7-15-13/h4-5,8,15H,3,6-7H2,1-2H3,(H,16,17). The predicted octanol–water partition coefficient (Wildman–Crippen LogP) is 2.73. The molecule has 1 unspecified atom stereocenters. The summed E-state index contributed by atoms with van der Waals surface area (Å²) in [5, 5.41) is 6.70. The Balaban J connectivity index is 2.13. The van der Waals surface area contributed by atoms with Gasteiger partial charge in [0.25, 0.3) is 0 Å². The maximum Gasteiger partial charge on any atom is 0.244 e. The topological polar surface area (TPSA) is 41.1 Å². The molecule has 1 amide bonds. The summed E-state index contributed by atoms with van der Waals surface area (Å²) in [5.74, 6) is -0.0132. The largest absolute Gasteiger partial charge is 0.323 e. The molecule has 2 rings (SSSR count). The van der Waals surface area contributed by atoms with Crippen LogP contribution in [0.3, 0.4) is 0 Å². The third-order valence-electron chi connectivity index (χ3n) is 3.24. The first-order valence-electron chi connectivity index (χ1n) is 5.84. The Labute approximate surface area is 107 Å². The van der Waals surface area contributed by atoms with E-state index in [1.54, 1.807) is 0 Å². The van der Waals surface area contributed by atoms with Crippen molar-refractivity contribution < 1.29 is 4.79 Å². The molecule has 17 heavy (non-hydrogen) atoms. The molecule has 1 heterocycles. The van der Waals surface area contributed by atoms with Gasteiger partial charge in [-0.1, -0.05) is 17.7 Å². The van der Waals surface area contributed by atoms with Crippen LogP contribution in [0.25, 0.3) is 0 Å². The third-order valence-corrected chi connectivity index (χ3v) is 3.56. The van der Waals surface area contributed by atoms with Crippen LogP contribution in [0.1, 0.15) is 25.3 Å². The van der Waals surface area contributed by atoms with Crippen LogP contribution in [0.2, 0.25) is 5.02 Å². The molecule has 4 heteroatoms. The van der Waals surface area contributed by atoms with Crippen LogP contribution in [0.15, 0.2) is 18.2 Å². The van der Waals surface area contributed by atoms with Crippen molar-refractivity contribution in [2.24, 2.45) is 0 Å². The molecule has 1 aliphatic heterocycles. The molecular weight excluding hydrogens is 236 g/mol. The second-order valence-electron chi connectivity index (χ2n) is 4.80. The van der Waals surface area contributed by atoms with Crippen molar-refractivity contribution in [3.63, 3.8) is 0 Å². The molecule has 0 aliphatic carbocycles. The van der Waals surface area contributed by atoms with Gasteiger partial charge < -0.3 is 10.6 Å². The smallest absolute Gasteiger partial charge is 0.244 e. The molecule has 3 nitrogen and oxygen atoms in total. The van der Waals surface area contributed by atoms with Crippen molar-refractivity contribution in [1.82, 2.24) is 5.32 Å². The van der Waals surface area contributed by atoms with Crippen molar-refractivity contribution in [2.45, 2.75) is 32.2 Å². The van der Waals surface area contributed by atoms with E-state index < -0.39 is 5.54 Å². The number of carbonyl (C=O) groups excluding carboxylic acids is 1. The number of amides is 1. The van der Waals surface area contributed by atoms with E-state index in [-0.39, 0.29) is 5.91 Å². The zero-order valence-corrected chi connectivity index (χ0v) is 10.9. The van der Waals surface area contributed by atoms with E-state index in [1.807, 2.05) is 32.0 Å². The van der Waals surface area contributed by atoms with Gasteiger partial charge in [0, 0.05) is 0 Å². The maximum absolute atomic E-state index is 12.1. The number of anilines is 1. The third kappa shape index (κ3) is 2.61. The van der Waals surface area contributed by atoms with Crippen LogP contribution in [0.4, 0.5) is 5.69 Å². The molecule has 1 atom stereocenters. The first-order valence-corrected chi connectivity index (χ1v) is 6.22. The Kier molecular flexibility index (Phi) is 3.40. The fourth-order valence-electron chi connectivity index (χ4n) is 2.07. The van der Waals surface area contributed by atoms with Gasteiger partial charge in [-0.05, 0) is 50.9 Å². The Morgan fingerprint density at radius 3 is 2.88 bits per heavy atom. The minimum atomic E-state index is -0.464. The summed E-state index contributed by atoms with van der Waals surface area (Å²) in [6.45, 7) is 4.79. The van der Waals surface area contributed by atoms with E-state index in [4.69, 9.17) is 11.6 Å². The van der Waals surface area contributed by atoms with Crippen molar-refractivity contribution >= 4 is 23.2 Å². The fraction of sp³-hybridized carbons (Fsp3) is 0.462. The zero-order chi connectivity index (χ0) is 12.5. The number of nitrogens with one attached hydrogen (secondary N) is 2. The highest BCUT2D eigenvalue weighted by Crippen LogP contribution is 2.26. The van der Waals surface area contributed by atoms with Crippen molar-refractivity contribution in [3.05, 3.63) is 28.8 Å². The molecule has 1 fully saturated rings. The van der Waals surface area contributed by atoms with Gasteiger partial charge in [-0.3, -0.25) is 4.79 Å². The summed E-state index contributed by atoms with van der Waals surface area (Å²) in [4.78, 5) is 12.1. The maximum atomic E-state index is 12.1. The molecular formula is C13H17ClN2O. The van der Waals surface area contributed by atoms with Gasteiger partial charge in [0.05, 0.1) is 16.2 Å². The zero-order valence-electron chi connectivity index (χ0n) is 10.1. The lowest BCUT2D eigenvalue weighted by Gasteiger charge is -2.23. The highest BCUT2D eigenvalue weighted by molar-refractivity contribution is 6.33. The van der Waals surface area contributed by atoms with Crippen molar-refractivity contribution in [1.29, 1.82) is 0 Å². The molecule has 0 radical (unpaired) electrons. The van der Waals surface area contributed by atoms with Gasteiger partial charge >= 0.3 is 0 Å². The molecule has 0 bridgehead atoms. The Morgan fingerprint density at radius 1 is 1.53 bits per heavy atom. The molecule has 0 saturated carbocycles. The first kappa shape index (κ1) is 12.4. The number of carbonyl (C=O) groups is 1. The van der Waals surface area contributed by atoms with Crippen LogP contribution in [-0.4, -0.2) is 18.0 Å². The molecule has 1 saturated heterocycles. The first-order chi connectivity index (χ1) is 8.01. The lowest BCUT2D eigenvalue weighted by Crippen LogP contribution is -2.48. The fourth-order valence-corrected chi connectivity index (χ4v) is 2.35. The monoisotopic (exact) mass is 252 g/mol.